The Hall–Kier alpha value is -2.14. The first kappa shape index (κ1) is 15.3. The first-order chi connectivity index (χ1) is 10.2. The van der Waals surface area contributed by atoms with Crippen molar-refractivity contribution in [2.24, 2.45) is 0 Å². The summed E-state index contributed by atoms with van der Waals surface area (Å²) in [7, 11) is 3.62. The fraction of sp³-hybridized carbons (Fsp3) is 0.375. The molecule has 112 valence electrons. The Morgan fingerprint density at radius 2 is 1.95 bits per heavy atom. The maximum absolute atomic E-state index is 5.17. The van der Waals surface area contributed by atoms with E-state index in [9.17, 15) is 0 Å². The molecule has 5 nitrogen and oxygen atoms in total. The van der Waals surface area contributed by atoms with Crippen LogP contribution in [-0.2, 0) is 6.54 Å². The topological polar surface area (TPSA) is 50.3 Å². The lowest BCUT2D eigenvalue weighted by Gasteiger charge is -2.18. The van der Waals surface area contributed by atoms with Crippen LogP contribution >= 0.6 is 0 Å². The van der Waals surface area contributed by atoms with E-state index in [0.717, 1.165) is 35.8 Å². The van der Waals surface area contributed by atoms with E-state index in [-0.39, 0.29) is 0 Å². The lowest BCUT2D eigenvalue weighted by Crippen LogP contribution is -2.17. The van der Waals surface area contributed by atoms with Crippen molar-refractivity contribution in [1.82, 2.24) is 15.3 Å². The van der Waals surface area contributed by atoms with Gasteiger partial charge in [-0.05, 0) is 37.7 Å². The van der Waals surface area contributed by atoms with Gasteiger partial charge in [-0.25, -0.2) is 9.97 Å². The summed E-state index contributed by atoms with van der Waals surface area (Å²) in [5, 5.41) is 3.29. The molecule has 0 saturated heterocycles. The van der Waals surface area contributed by atoms with Crippen LogP contribution in [0.15, 0.2) is 30.5 Å². The van der Waals surface area contributed by atoms with Gasteiger partial charge in [-0.1, -0.05) is 6.92 Å². The van der Waals surface area contributed by atoms with Crippen molar-refractivity contribution in [3.8, 4) is 5.75 Å². The number of benzene rings is 1. The van der Waals surface area contributed by atoms with Gasteiger partial charge >= 0.3 is 0 Å². The molecule has 0 radical (unpaired) electrons. The minimum absolute atomic E-state index is 0.693. The van der Waals surface area contributed by atoms with Crippen LogP contribution in [0.1, 0.15) is 18.2 Å². The first-order valence-electron chi connectivity index (χ1n) is 7.06. The van der Waals surface area contributed by atoms with Crippen molar-refractivity contribution in [3.05, 3.63) is 41.7 Å². The number of ether oxygens (including phenoxy) is 1. The lowest BCUT2D eigenvalue weighted by molar-refractivity contribution is 0.415. The normalized spacial score (nSPS) is 10.5. The third-order valence-electron chi connectivity index (χ3n) is 3.39. The highest BCUT2D eigenvalue weighted by Gasteiger charge is 2.09. The summed E-state index contributed by atoms with van der Waals surface area (Å²) in [6, 6.07) is 7.84. The quantitative estimate of drug-likeness (QED) is 0.884. The van der Waals surface area contributed by atoms with E-state index < -0.39 is 0 Å². The van der Waals surface area contributed by atoms with Crippen LogP contribution in [0, 0.1) is 6.92 Å². The predicted molar refractivity (Wildman–Crippen MR) is 85.2 cm³/mol. The summed E-state index contributed by atoms with van der Waals surface area (Å²) in [6.07, 6.45) is 1.89. The molecule has 0 fully saturated rings. The standard InChI is InChI=1S/C16H22N4O/c1-5-17-10-13-11-18-16(19-12(13)2)20(3)14-6-8-15(21-4)9-7-14/h6-9,11,17H,5,10H2,1-4H3. The minimum Gasteiger partial charge on any atom is -0.497 e. The molecule has 1 N–H and O–H groups in total. The largest absolute Gasteiger partial charge is 0.497 e. The van der Waals surface area contributed by atoms with E-state index in [2.05, 4.69) is 22.2 Å². The molecule has 0 spiro atoms. The molecular weight excluding hydrogens is 264 g/mol. The average molecular weight is 286 g/mol. The van der Waals surface area contributed by atoms with Gasteiger partial charge in [0.2, 0.25) is 5.95 Å². The highest BCUT2D eigenvalue weighted by atomic mass is 16.5. The van der Waals surface area contributed by atoms with Crippen molar-refractivity contribution < 1.29 is 4.74 Å². The number of rotatable bonds is 6. The molecule has 1 aromatic carbocycles. The Morgan fingerprint density at radius 1 is 1.24 bits per heavy atom. The molecule has 5 heteroatoms. The number of anilines is 2. The van der Waals surface area contributed by atoms with Gasteiger partial charge in [0.05, 0.1) is 7.11 Å². The van der Waals surface area contributed by atoms with Crippen LogP contribution in [0.2, 0.25) is 0 Å². The Morgan fingerprint density at radius 3 is 2.52 bits per heavy atom. The number of aromatic nitrogens is 2. The summed E-state index contributed by atoms with van der Waals surface area (Å²) in [4.78, 5) is 11.0. The summed E-state index contributed by atoms with van der Waals surface area (Å²) < 4.78 is 5.17. The number of hydrogen-bond donors (Lipinski definition) is 1. The Balaban J connectivity index is 2.18. The van der Waals surface area contributed by atoms with Gasteiger partial charge in [-0.3, -0.25) is 0 Å². The number of nitrogens with one attached hydrogen (secondary N) is 1. The molecule has 0 amide bonds. The first-order valence-corrected chi connectivity index (χ1v) is 7.06. The van der Waals surface area contributed by atoms with Crippen molar-refractivity contribution >= 4 is 11.6 Å². The van der Waals surface area contributed by atoms with Crippen molar-refractivity contribution in [1.29, 1.82) is 0 Å². The van der Waals surface area contributed by atoms with Gasteiger partial charge in [0.15, 0.2) is 0 Å². The zero-order valence-corrected chi connectivity index (χ0v) is 13.1. The highest BCUT2D eigenvalue weighted by Crippen LogP contribution is 2.23. The maximum Gasteiger partial charge on any atom is 0.229 e. The van der Waals surface area contributed by atoms with Crippen LogP contribution in [0.4, 0.5) is 11.6 Å². The highest BCUT2D eigenvalue weighted by molar-refractivity contribution is 5.57. The van der Waals surface area contributed by atoms with Gasteiger partial charge in [0.1, 0.15) is 5.75 Å². The van der Waals surface area contributed by atoms with Crippen LogP contribution in [0.3, 0.4) is 0 Å². The molecule has 21 heavy (non-hydrogen) atoms. The number of methoxy groups -OCH3 is 1. The Bertz CT molecular complexity index is 583. The number of aryl methyl sites for hydroxylation is 1. The Kier molecular flexibility index (Phi) is 5.11. The Labute approximate surface area is 126 Å². The minimum atomic E-state index is 0.693. The molecule has 2 rings (SSSR count). The van der Waals surface area contributed by atoms with Crippen LogP contribution in [-0.4, -0.2) is 30.7 Å². The third-order valence-corrected chi connectivity index (χ3v) is 3.39. The molecule has 1 aromatic heterocycles. The van der Waals surface area contributed by atoms with Gasteiger partial charge in [-0.15, -0.1) is 0 Å². The molecule has 0 saturated carbocycles. The number of nitrogens with zero attached hydrogens (tertiary/aromatic N) is 3. The lowest BCUT2D eigenvalue weighted by atomic mass is 10.2. The van der Waals surface area contributed by atoms with Gasteiger partial charge in [0.25, 0.3) is 0 Å². The van der Waals surface area contributed by atoms with E-state index in [1.807, 2.05) is 49.3 Å². The van der Waals surface area contributed by atoms with Crippen LogP contribution in [0.5, 0.6) is 5.75 Å². The maximum atomic E-state index is 5.17. The van der Waals surface area contributed by atoms with Crippen LogP contribution < -0.4 is 15.0 Å². The molecule has 0 aliphatic rings. The summed E-state index contributed by atoms with van der Waals surface area (Å²) in [5.41, 5.74) is 3.15. The smallest absolute Gasteiger partial charge is 0.229 e. The van der Waals surface area contributed by atoms with Crippen molar-refractivity contribution in [2.45, 2.75) is 20.4 Å². The average Bonchev–Trinajstić information content (AvgIpc) is 2.53. The fourth-order valence-corrected chi connectivity index (χ4v) is 2.00. The van der Waals surface area contributed by atoms with E-state index in [1.165, 1.54) is 0 Å². The molecule has 0 aliphatic heterocycles. The monoisotopic (exact) mass is 286 g/mol. The molecule has 0 unspecified atom stereocenters. The van der Waals surface area contributed by atoms with E-state index in [4.69, 9.17) is 4.74 Å². The zero-order valence-electron chi connectivity index (χ0n) is 13.1. The summed E-state index contributed by atoms with van der Waals surface area (Å²) in [5.74, 6) is 1.53. The molecular formula is C16H22N4O. The van der Waals surface area contributed by atoms with Gasteiger partial charge < -0.3 is 15.0 Å². The van der Waals surface area contributed by atoms with E-state index in [0.29, 0.717) is 5.95 Å². The molecule has 0 bridgehead atoms. The molecule has 0 atom stereocenters. The summed E-state index contributed by atoms with van der Waals surface area (Å²) >= 11 is 0. The van der Waals surface area contributed by atoms with Crippen LogP contribution in [0.25, 0.3) is 0 Å². The summed E-state index contributed by atoms with van der Waals surface area (Å²) in [6.45, 7) is 5.84. The zero-order chi connectivity index (χ0) is 15.2. The van der Waals surface area contributed by atoms with Gasteiger partial charge in [-0.2, -0.15) is 0 Å². The predicted octanol–water partition coefficient (Wildman–Crippen LogP) is 2.67. The second-order valence-electron chi connectivity index (χ2n) is 4.82. The van der Waals surface area contributed by atoms with Gasteiger partial charge in [0, 0.05) is 36.7 Å². The number of hydrogen-bond acceptors (Lipinski definition) is 5. The van der Waals surface area contributed by atoms with E-state index in [1.54, 1.807) is 7.11 Å². The molecule has 1 heterocycles. The van der Waals surface area contributed by atoms with E-state index >= 15 is 0 Å². The fourth-order valence-electron chi connectivity index (χ4n) is 2.00. The second-order valence-corrected chi connectivity index (χ2v) is 4.82. The third kappa shape index (κ3) is 3.70. The van der Waals surface area contributed by atoms with Crippen molar-refractivity contribution in [2.75, 3.05) is 25.6 Å². The second kappa shape index (κ2) is 7.04. The molecule has 2 aromatic rings. The van der Waals surface area contributed by atoms with Crippen molar-refractivity contribution in [3.63, 3.8) is 0 Å². The molecule has 0 aliphatic carbocycles. The SMILES string of the molecule is CCNCc1cnc(N(C)c2ccc(OC)cc2)nc1C.